The van der Waals surface area contributed by atoms with Crippen molar-refractivity contribution in [1.82, 2.24) is 4.31 Å². The Morgan fingerprint density at radius 1 is 1.43 bits per heavy atom. The largest absolute Gasteiger partial charge is 0.299 e. The van der Waals surface area contributed by atoms with E-state index in [0.717, 1.165) is 10.4 Å². The highest BCUT2D eigenvalue weighted by Crippen LogP contribution is 2.30. The van der Waals surface area contributed by atoms with Crippen molar-refractivity contribution in [2.24, 2.45) is 5.92 Å². The third-order valence-corrected chi connectivity index (χ3v) is 5.79. The fourth-order valence-corrected chi connectivity index (χ4v) is 4.28. The minimum absolute atomic E-state index is 0.00478. The zero-order valence-corrected chi connectivity index (χ0v) is 13.4. The highest BCUT2D eigenvalue weighted by atomic mass is 32.2. The molecule has 1 aromatic carbocycles. The highest BCUT2D eigenvalue weighted by molar-refractivity contribution is 7.89. The van der Waals surface area contributed by atoms with Crippen LogP contribution < -0.4 is 0 Å². The molecule has 0 aliphatic carbocycles. The van der Waals surface area contributed by atoms with Crippen LogP contribution in [0.4, 0.5) is 5.69 Å². The molecule has 2 rings (SSSR count). The van der Waals surface area contributed by atoms with E-state index in [2.05, 4.69) is 6.58 Å². The molecule has 1 aliphatic rings. The summed E-state index contributed by atoms with van der Waals surface area (Å²) in [7, 11) is -3.98. The van der Waals surface area contributed by atoms with Crippen LogP contribution >= 0.6 is 0 Å². The van der Waals surface area contributed by atoms with Crippen molar-refractivity contribution in [1.29, 1.82) is 0 Å². The van der Waals surface area contributed by atoms with Crippen LogP contribution in [0.1, 0.15) is 19.3 Å². The SMILES string of the molecule is C=CCCC(=O)[C@@H]1CCN(S(=O)(=O)c2ccccc2[N+](=O)[O-])C1. The maximum atomic E-state index is 12.6. The van der Waals surface area contributed by atoms with Crippen molar-refractivity contribution in [3.05, 3.63) is 47.0 Å². The van der Waals surface area contributed by atoms with Crippen LogP contribution in [0.15, 0.2) is 41.8 Å². The average molecular weight is 338 g/mol. The number of para-hydroxylation sites is 1. The summed E-state index contributed by atoms with van der Waals surface area (Å²) in [5.74, 6) is -0.349. The number of hydrogen-bond donors (Lipinski definition) is 0. The van der Waals surface area contributed by atoms with Crippen molar-refractivity contribution in [3.63, 3.8) is 0 Å². The van der Waals surface area contributed by atoms with Gasteiger partial charge in [0.1, 0.15) is 5.78 Å². The normalized spacial score (nSPS) is 18.7. The van der Waals surface area contributed by atoms with Crippen LogP contribution in [0, 0.1) is 16.0 Å². The van der Waals surface area contributed by atoms with E-state index in [1.54, 1.807) is 6.08 Å². The predicted octanol–water partition coefficient (Wildman–Crippen LogP) is 2.14. The van der Waals surface area contributed by atoms with Gasteiger partial charge in [-0.05, 0) is 18.9 Å². The van der Waals surface area contributed by atoms with E-state index < -0.39 is 20.6 Å². The first-order chi connectivity index (χ1) is 10.9. The molecule has 1 aromatic rings. The van der Waals surface area contributed by atoms with Gasteiger partial charge in [0.05, 0.1) is 4.92 Å². The fraction of sp³-hybridized carbons (Fsp3) is 0.400. The molecule has 1 atom stereocenters. The van der Waals surface area contributed by atoms with E-state index in [9.17, 15) is 23.3 Å². The number of rotatable bonds is 7. The maximum Gasteiger partial charge on any atom is 0.289 e. The van der Waals surface area contributed by atoms with Gasteiger partial charge in [-0.2, -0.15) is 4.31 Å². The number of nitrogens with zero attached hydrogens (tertiary/aromatic N) is 2. The van der Waals surface area contributed by atoms with Gasteiger partial charge in [-0.25, -0.2) is 8.42 Å². The van der Waals surface area contributed by atoms with E-state index in [4.69, 9.17) is 0 Å². The summed E-state index contributed by atoms with van der Waals surface area (Å²) in [6.45, 7) is 3.82. The minimum Gasteiger partial charge on any atom is -0.299 e. The van der Waals surface area contributed by atoms with Crippen LogP contribution in [0.25, 0.3) is 0 Å². The molecule has 0 saturated carbocycles. The summed E-state index contributed by atoms with van der Waals surface area (Å²) in [4.78, 5) is 22.0. The molecule has 0 aromatic heterocycles. The zero-order valence-electron chi connectivity index (χ0n) is 12.6. The number of sulfonamides is 1. The van der Waals surface area contributed by atoms with Crippen molar-refractivity contribution >= 4 is 21.5 Å². The zero-order chi connectivity index (χ0) is 17.0. The van der Waals surface area contributed by atoms with E-state index in [1.807, 2.05) is 0 Å². The molecule has 0 bridgehead atoms. The topological polar surface area (TPSA) is 97.6 Å². The number of hydrogen-bond acceptors (Lipinski definition) is 5. The lowest BCUT2D eigenvalue weighted by Crippen LogP contribution is -2.30. The second-order valence-electron chi connectivity index (χ2n) is 5.37. The van der Waals surface area contributed by atoms with Crippen molar-refractivity contribution in [2.75, 3.05) is 13.1 Å². The molecular formula is C15H18N2O5S. The number of nitro groups is 1. The molecule has 23 heavy (non-hydrogen) atoms. The van der Waals surface area contributed by atoms with Crippen LogP contribution in [-0.4, -0.2) is 36.5 Å². The molecule has 0 spiro atoms. The second kappa shape index (κ2) is 7.01. The Bertz CT molecular complexity index is 729. The molecule has 0 N–H and O–H groups in total. The van der Waals surface area contributed by atoms with Gasteiger partial charge >= 0.3 is 0 Å². The van der Waals surface area contributed by atoms with E-state index in [1.165, 1.54) is 18.2 Å². The Labute approximate surface area is 134 Å². The van der Waals surface area contributed by atoms with Gasteiger partial charge in [0, 0.05) is 31.5 Å². The smallest absolute Gasteiger partial charge is 0.289 e. The number of allylic oxidation sites excluding steroid dienone is 1. The van der Waals surface area contributed by atoms with Crippen LogP contribution in [0.5, 0.6) is 0 Å². The summed E-state index contributed by atoms with van der Waals surface area (Å²) < 4.78 is 26.4. The molecule has 0 radical (unpaired) electrons. The third-order valence-electron chi connectivity index (χ3n) is 3.88. The lowest BCUT2D eigenvalue weighted by Gasteiger charge is -2.16. The molecular weight excluding hydrogens is 320 g/mol. The van der Waals surface area contributed by atoms with Gasteiger partial charge in [-0.3, -0.25) is 14.9 Å². The van der Waals surface area contributed by atoms with Crippen molar-refractivity contribution in [2.45, 2.75) is 24.2 Å². The van der Waals surface area contributed by atoms with Crippen molar-refractivity contribution < 1.29 is 18.1 Å². The number of Topliss-reactive ketones (excluding diaryl/α,β-unsaturated/α-hetero) is 1. The van der Waals surface area contributed by atoms with Crippen LogP contribution in [0.2, 0.25) is 0 Å². The van der Waals surface area contributed by atoms with Crippen LogP contribution in [-0.2, 0) is 14.8 Å². The van der Waals surface area contributed by atoms with E-state index in [-0.39, 0.29) is 29.7 Å². The number of nitro benzene ring substituents is 1. The summed E-state index contributed by atoms with van der Waals surface area (Å²) >= 11 is 0. The van der Waals surface area contributed by atoms with Gasteiger partial charge < -0.3 is 0 Å². The molecule has 0 amide bonds. The molecule has 8 heteroatoms. The second-order valence-corrected chi connectivity index (χ2v) is 7.27. The lowest BCUT2D eigenvalue weighted by atomic mass is 10.00. The Morgan fingerprint density at radius 3 is 2.78 bits per heavy atom. The number of ketones is 1. The van der Waals surface area contributed by atoms with Crippen LogP contribution in [0.3, 0.4) is 0 Å². The first-order valence-corrected chi connectivity index (χ1v) is 8.69. The molecule has 1 heterocycles. The lowest BCUT2D eigenvalue weighted by molar-refractivity contribution is -0.387. The third kappa shape index (κ3) is 3.65. The monoisotopic (exact) mass is 338 g/mol. The number of carbonyl (C=O) groups excluding carboxylic acids is 1. The van der Waals surface area contributed by atoms with E-state index in [0.29, 0.717) is 19.3 Å². The minimum atomic E-state index is -3.98. The number of carbonyl (C=O) groups is 1. The summed E-state index contributed by atoms with van der Waals surface area (Å²) in [5, 5.41) is 11.0. The molecule has 0 unspecified atom stereocenters. The van der Waals surface area contributed by atoms with E-state index >= 15 is 0 Å². The Kier molecular flexibility index (Phi) is 5.27. The van der Waals surface area contributed by atoms with Gasteiger partial charge in [0.2, 0.25) is 10.0 Å². The molecule has 124 valence electrons. The standard InChI is InChI=1S/C15H18N2O5S/c1-2-3-7-14(18)12-9-10-16(11-12)23(21,22)15-8-5-4-6-13(15)17(19)20/h2,4-6,8,12H,1,3,7,9-11H2/t12-/m1/s1. The molecule has 7 nitrogen and oxygen atoms in total. The summed E-state index contributed by atoms with van der Waals surface area (Å²) in [5.41, 5.74) is -0.450. The van der Waals surface area contributed by atoms with Crippen molar-refractivity contribution in [3.8, 4) is 0 Å². The first-order valence-electron chi connectivity index (χ1n) is 7.25. The van der Waals surface area contributed by atoms with Gasteiger partial charge in [-0.15, -0.1) is 6.58 Å². The quantitative estimate of drug-likeness (QED) is 0.431. The fourth-order valence-electron chi connectivity index (χ4n) is 2.62. The molecule has 1 aliphatic heterocycles. The first kappa shape index (κ1) is 17.3. The predicted molar refractivity (Wildman–Crippen MR) is 84.4 cm³/mol. The summed E-state index contributed by atoms with van der Waals surface area (Å²) in [6.07, 6.45) is 2.99. The molecule has 1 fully saturated rings. The average Bonchev–Trinajstić information content (AvgIpc) is 3.03. The Balaban J connectivity index is 2.21. The molecule has 1 saturated heterocycles. The summed E-state index contributed by atoms with van der Waals surface area (Å²) in [6, 6.07) is 5.25. The van der Waals surface area contributed by atoms with Gasteiger partial charge in [-0.1, -0.05) is 18.2 Å². The highest BCUT2D eigenvalue weighted by Gasteiger charge is 2.38. The maximum absolute atomic E-state index is 12.6. The van der Waals surface area contributed by atoms with Gasteiger partial charge in [0.25, 0.3) is 5.69 Å². The Morgan fingerprint density at radius 2 is 2.13 bits per heavy atom. The number of benzene rings is 1. The van der Waals surface area contributed by atoms with Gasteiger partial charge in [0.15, 0.2) is 4.90 Å². The Hall–Kier alpha value is -2.06.